The Morgan fingerprint density at radius 3 is 2.20 bits per heavy atom. The number of halogens is 2. The summed E-state index contributed by atoms with van der Waals surface area (Å²) >= 11 is 6.07. The number of rotatable bonds is 3. The van der Waals surface area contributed by atoms with Crippen molar-refractivity contribution in [2.45, 2.75) is 39.5 Å². The zero-order chi connectivity index (χ0) is 31.2. The van der Waals surface area contributed by atoms with Gasteiger partial charge in [-0.25, -0.2) is 9.29 Å². The molecule has 224 valence electrons. The summed E-state index contributed by atoms with van der Waals surface area (Å²) in [4.78, 5) is 58.9. The quantitative estimate of drug-likeness (QED) is 0.279. The highest BCUT2D eigenvalue weighted by atomic mass is 35.5. The second-order valence-corrected chi connectivity index (χ2v) is 13.0. The number of phenolic OH excluding ortho intramolecular Hbond substituents is 1. The SMILES string of the molecule is Cc1cc([C@H]2C3=CC[C@@H]4C(=O)N(c5ccccc5)C(=O)[C@@H]4[C@@H]3C[C@H]3C(=O)N(c4ccc(F)c(Cl)c4)C(=O)[C@@]23C)cc(C)c1O. The number of hydrogen-bond donors (Lipinski definition) is 1. The van der Waals surface area contributed by atoms with Gasteiger partial charge in [0.05, 0.1) is 39.6 Å². The molecule has 0 unspecified atom stereocenters. The number of aryl methyl sites for hydroxylation is 2. The number of hydrogen-bond acceptors (Lipinski definition) is 5. The summed E-state index contributed by atoms with van der Waals surface area (Å²) in [6.45, 7) is 5.34. The lowest BCUT2D eigenvalue weighted by Gasteiger charge is -2.49. The van der Waals surface area contributed by atoms with Gasteiger partial charge in [0.2, 0.25) is 23.6 Å². The first kappa shape index (κ1) is 28.5. The number of carbonyl (C=O) groups excluding carboxylic acids is 4. The second kappa shape index (κ2) is 9.86. The average molecular weight is 613 g/mol. The fraction of sp³-hybridized carbons (Fsp3) is 0.314. The fourth-order valence-electron chi connectivity index (χ4n) is 8.25. The van der Waals surface area contributed by atoms with Crippen LogP contribution in [0, 0.1) is 48.8 Å². The topological polar surface area (TPSA) is 95.0 Å². The van der Waals surface area contributed by atoms with E-state index in [2.05, 4.69) is 0 Å². The summed E-state index contributed by atoms with van der Waals surface area (Å²) < 4.78 is 14.1. The molecule has 6 atom stereocenters. The minimum Gasteiger partial charge on any atom is -0.507 e. The minimum absolute atomic E-state index is 0.145. The maximum Gasteiger partial charge on any atom is 0.241 e. The van der Waals surface area contributed by atoms with Crippen molar-refractivity contribution >= 4 is 46.6 Å². The zero-order valence-electron chi connectivity index (χ0n) is 24.4. The van der Waals surface area contributed by atoms with Crippen molar-refractivity contribution in [2.75, 3.05) is 9.80 Å². The van der Waals surface area contributed by atoms with E-state index in [1.165, 1.54) is 17.0 Å². The van der Waals surface area contributed by atoms with Crippen LogP contribution in [0.2, 0.25) is 5.02 Å². The third kappa shape index (κ3) is 3.79. The van der Waals surface area contributed by atoms with Crippen LogP contribution in [0.5, 0.6) is 5.75 Å². The number of aromatic hydroxyl groups is 1. The van der Waals surface area contributed by atoms with Gasteiger partial charge in [0.15, 0.2) is 0 Å². The maximum absolute atomic E-state index is 14.5. The number of phenols is 1. The van der Waals surface area contributed by atoms with E-state index < -0.39 is 52.6 Å². The molecule has 0 aromatic heterocycles. The van der Waals surface area contributed by atoms with Crippen LogP contribution in [0.3, 0.4) is 0 Å². The molecule has 1 N–H and O–H groups in total. The summed E-state index contributed by atoms with van der Waals surface area (Å²) in [6.07, 6.45) is 2.52. The van der Waals surface area contributed by atoms with Crippen LogP contribution in [-0.4, -0.2) is 28.7 Å². The van der Waals surface area contributed by atoms with Gasteiger partial charge in [-0.2, -0.15) is 0 Å². The summed E-state index contributed by atoms with van der Waals surface area (Å²) in [5.74, 6) is -5.16. The van der Waals surface area contributed by atoms with Gasteiger partial charge in [-0.3, -0.25) is 24.1 Å². The van der Waals surface area contributed by atoms with Gasteiger partial charge in [-0.15, -0.1) is 0 Å². The number of allylic oxidation sites excluding steroid dienone is 2. The van der Waals surface area contributed by atoms with E-state index in [1.54, 1.807) is 45.0 Å². The second-order valence-electron chi connectivity index (χ2n) is 12.6. The van der Waals surface area contributed by atoms with Crippen molar-refractivity contribution in [1.29, 1.82) is 0 Å². The molecule has 3 fully saturated rings. The molecule has 0 bridgehead atoms. The number of anilines is 2. The molecule has 0 radical (unpaired) electrons. The first-order valence-corrected chi connectivity index (χ1v) is 15.1. The first-order valence-electron chi connectivity index (χ1n) is 14.7. The first-order chi connectivity index (χ1) is 20.9. The Morgan fingerprint density at radius 1 is 0.864 bits per heavy atom. The smallest absolute Gasteiger partial charge is 0.241 e. The molecule has 2 aliphatic carbocycles. The van der Waals surface area contributed by atoms with Crippen LogP contribution in [0.1, 0.15) is 42.4 Å². The van der Waals surface area contributed by atoms with Crippen molar-refractivity contribution in [3.05, 3.63) is 99.8 Å². The van der Waals surface area contributed by atoms with E-state index in [9.17, 15) is 28.7 Å². The van der Waals surface area contributed by atoms with Gasteiger partial charge in [-0.05, 0) is 86.6 Å². The minimum atomic E-state index is -1.26. The average Bonchev–Trinajstić information content (AvgIpc) is 3.37. The third-order valence-electron chi connectivity index (χ3n) is 10.3. The van der Waals surface area contributed by atoms with Crippen LogP contribution in [-0.2, 0) is 19.2 Å². The molecule has 2 aliphatic heterocycles. The molecule has 9 heteroatoms. The van der Waals surface area contributed by atoms with Crippen LogP contribution in [0.25, 0.3) is 0 Å². The molecule has 44 heavy (non-hydrogen) atoms. The predicted molar refractivity (Wildman–Crippen MR) is 163 cm³/mol. The molecular formula is C35H30ClFN2O5. The zero-order valence-corrected chi connectivity index (χ0v) is 25.1. The van der Waals surface area contributed by atoms with Crippen molar-refractivity contribution in [3.63, 3.8) is 0 Å². The number of fused-ring (bicyclic) bond motifs is 4. The molecule has 2 saturated heterocycles. The normalized spacial score (nSPS) is 29.5. The van der Waals surface area contributed by atoms with E-state index in [-0.39, 0.29) is 34.7 Å². The van der Waals surface area contributed by atoms with E-state index in [1.807, 2.05) is 24.3 Å². The van der Waals surface area contributed by atoms with Crippen LogP contribution in [0.4, 0.5) is 15.8 Å². The number of benzene rings is 3. The summed E-state index contributed by atoms with van der Waals surface area (Å²) in [5.41, 5.74) is 2.27. The van der Waals surface area contributed by atoms with Crippen molar-refractivity contribution in [2.24, 2.45) is 29.1 Å². The number of para-hydroxylation sites is 1. The fourth-order valence-corrected chi connectivity index (χ4v) is 8.43. The Morgan fingerprint density at radius 2 is 1.55 bits per heavy atom. The molecule has 3 aromatic rings. The number of amides is 4. The maximum atomic E-state index is 14.5. The molecule has 7 nitrogen and oxygen atoms in total. The molecule has 1 saturated carbocycles. The Bertz CT molecular complexity index is 1800. The Kier molecular flexibility index (Phi) is 6.38. The molecule has 2 heterocycles. The predicted octanol–water partition coefficient (Wildman–Crippen LogP) is 6.24. The summed E-state index contributed by atoms with van der Waals surface area (Å²) in [5, 5.41) is 10.4. The number of carbonyl (C=O) groups is 4. The van der Waals surface area contributed by atoms with Crippen molar-refractivity contribution in [1.82, 2.24) is 0 Å². The summed E-state index contributed by atoms with van der Waals surface area (Å²) in [6, 6.07) is 16.3. The van der Waals surface area contributed by atoms with Crippen molar-refractivity contribution < 1.29 is 28.7 Å². The molecular weight excluding hydrogens is 583 g/mol. The van der Waals surface area contributed by atoms with Gasteiger partial charge in [0.25, 0.3) is 0 Å². The highest BCUT2D eigenvalue weighted by Gasteiger charge is 2.67. The van der Waals surface area contributed by atoms with Gasteiger partial charge in [0, 0.05) is 5.92 Å². The van der Waals surface area contributed by atoms with Crippen molar-refractivity contribution in [3.8, 4) is 5.75 Å². The van der Waals surface area contributed by atoms with Gasteiger partial charge >= 0.3 is 0 Å². The lowest BCUT2D eigenvalue weighted by atomic mass is 9.51. The highest BCUT2D eigenvalue weighted by Crippen LogP contribution is 2.64. The number of imide groups is 2. The largest absolute Gasteiger partial charge is 0.507 e. The molecule has 7 rings (SSSR count). The molecule has 4 amide bonds. The molecule has 3 aromatic carbocycles. The van der Waals surface area contributed by atoms with E-state index in [0.717, 1.165) is 22.1 Å². The Labute approximate surface area is 258 Å². The van der Waals surface area contributed by atoms with Gasteiger partial charge in [-0.1, -0.05) is 53.6 Å². The van der Waals surface area contributed by atoms with Gasteiger partial charge in [0.1, 0.15) is 11.6 Å². The Hall–Kier alpha value is -4.30. The standard InChI is InChI=1S/C35H30ClFN2O5/c1-17-13-19(14-18(2)30(17)40)29-22-10-11-23-28(33(43)38(31(23)41)20-7-5-4-6-8-20)24(22)16-25-32(42)39(34(44)35(25,29)3)21-9-12-27(37)26(36)15-21/h4-10,12-15,23-25,28-29,40H,11,16H2,1-3H3/t23-,24+,25-,28-,29-,35+/m0/s1. The molecule has 4 aliphatic rings. The highest BCUT2D eigenvalue weighted by molar-refractivity contribution is 6.32. The molecule has 0 spiro atoms. The lowest BCUT2D eigenvalue weighted by molar-refractivity contribution is -0.131. The van der Waals surface area contributed by atoms with E-state index in [4.69, 9.17) is 11.6 Å². The summed E-state index contributed by atoms with van der Waals surface area (Å²) in [7, 11) is 0. The monoisotopic (exact) mass is 612 g/mol. The van der Waals surface area contributed by atoms with Crippen LogP contribution in [0.15, 0.2) is 72.3 Å². The van der Waals surface area contributed by atoms with Gasteiger partial charge < -0.3 is 5.11 Å². The van der Waals surface area contributed by atoms with E-state index in [0.29, 0.717) is 23.2 Å². The number of nitrogens with zero attached hydrogens (tertiary/aromatic N) is 2. The Balaban J connectivity index is 1.39. The van der Waals surface area contributed by atoms with Crippen LogP contribution >= 0.6 is 11.6 Å². The van der Waals surface area contributed by atoms with Crippen LogP contribution < -0.4 is 9.80 Å². The third-order valence-corrected chi connectivity index (χ3v) is 10.6. The lowest BCUT2D eigenvalue weighted by Crippen LogP contribution is -2.49. The van der Waals surface area contributed by atoms with E-state index >= 15 is 0 Å².